The minimum Gasteiger partial charge on any atom is -0.508 e. The number of carboxylic acid groups (broad SMARTS) is 1. The maximum atomic E-state index is 11.1. The Kier molecular flexibility index (Phi) is 5.68. The average Bonchev–Trinajstić information content (AvgIpc) is 2.76. The van der Waals surface area contributed by atoms with Gasteiger partial charge in [-0.05, 0) is 104 Å². The summed E-state index contributed by atoms with van der Waals surface area (Å²) >= 11 is 6.67. The molecular weight excluding hydrogens is 436 g/mol. The van der Waals surface area contributed by atoms with E-state index >= 15 is 0 Å². The molecule has 2 aromatic rings. The van der Waals surface area contributed by atoms with E-state index < -0.39 is 5.97 Å². The Bertz CT molecular complexity index is 1100. The number of carboxylic acids is 1. The molecule has 6 rings (SSSR count). The molecule has 4 nitrogen and oxygen atoms in total. The molecule has 0 heterocycles. The van der Waals surface area contributed by atoms with Gasteiger partial charge in [-0.3, -0.25) is 0 Å². The van der Waals surface area contributed by atoms with Crippen molar-refractivity contribution in [3.05, 3.63) is 52.1 Å². The van der Waals surface area contributed by atoms with Crippen LogP contribution < -0.4 is 4.74 Å². The second-order valence-electron chi connectivity index (χ2n) is 10.3. The topological polar surface area (TPSA) is 66.8 Å². The van der Waals surface area contributed by atoms with Crippen molar-refractivity contribution in [3.63, 3.8) is 0 Å². The molecule has 2 N–H and O–H groups in total. The van der Waals surface area contributed by atoms with Gasteiger partial charge in [0.2, 0.25) is 0 Å². The summed E-state index contributed by atoms with van der Waals surface area (Å²) in [5.41, 5.74) is 4.54. The predicted octanol–water partition coefficient (Wildman–Crippen LogP) is 6.85. The van der Waals surface area contributed by atoms with Crippen molar-refractivity contribution in [3.8, 4) is 22.6 Å². The summed E-state index contributed by atoms with van der Waals surface area (Å²) < 4.78 is 5.81. The number of carbonyl (C=O) groups is 1. The van der Waals surface area contributed by atoms with Crippen LogP contribution in [0.1, 0.15) is 62.1 Å². The quantitative estimate of drug-likeness (QED) is 0.457. The molecule has 0 unspecified atom stereocenters. The van der Waals surface area contributed by atoms with Crippen molar-refractivity contribution in [2.45, 2.75) is 57.3 Å². The van der Waals surface area contributed by atoms with Crippen LogP contribution in [-0.4, -0.2) is 23.3 Å². The number of methoxy groups -OCH3 is 1. The van der Waals surface area contributed by atoms with Crippen molar-refractivity contribution in [1.82, 2.24) is 0 Å². The van der Waals surface area contributed by atoms with Gasteiger partial charge in [0, 0.05) is 27.8 Å². The van der Waals surface area contributed by atoms with Gasteiger partial charge in [-0.15, -0.1) is 0 Å². The molecule has 0 atom stereocenters. The van der Waals surface area contributed by atoms with E-state index in [0.717, 1.165) is 65.3 Å². The van der Waals surface area contributed by atoms with Crippen LogP contribution >= 0.6 is 11.6 Å². The van der Waals surface area contributed by atoms with Gasteiger partial charge in [-0.2, -0.15) is 0 Å². The van der Waals surface area contributed by atoms with Gasteiger partial charge >= 0.3 is 5.97 Å². The van der Waals surface area contributed by atoms with Gasteiger partial charge in [0.1, 0.15) is 11.5 Å². The van der Waals surface area contributed by atoms with Crippen molar-refractivity contribution in [2.24, 2.45) is 17.8 Å². The molecule has 4 saturated carbocycles. The first-order valence-electron chi connectivity index (χ1n) is 12.0. The maximum absolute atomic E-state index is 11.1. The van der Waals surface area contributed by atoms with E-state index in [1.54, 1.807) is 13.2 Å². The number of benzene rings is 2. The minimum absolute atomic E-state index is 0.0546. The van der Waals surface area contributed by atoms with Gasteiger partial charge in [0.05, 0.1) is 7.11 Å². The number of halogens is 1. The van der Waals surface area contributed by atoms with Crippen LogP contribution in [0.5, 0.6) is 11.5 Å². The standard InChI is InChI=1S/C28H31ClO4/c1-3-21-23(29)12-20(5-7-25(31)32)27(33-2)26(21)19-4-6-24(30)22(11-19)28-13-16-8-17(14-28)10-18(9-16)15-28/h4-7,11-12,16-18,30H,3,8-10,13-15H2,1-2H3,(H,31,32). The minimum atomic E-state index is -1.02. The highest BCUT2D eigenvalue weighted by atomic mass is 35.5. The molecule has 0 radical (unpaired) electrons. The molecule has 4 bridgehead atoms. The Morgan fingerprint density at radius 2 is 1.79 bits per heavy atom. The smallest absolute Gasteiger partial charge is 0.328 e. The number of hydrogen-bond acceptors (Lipinski definition) is 3. The van der Waals surface area contributed by atoms with Crippen LogP contribution in [-0.2, 0) is 16.6 Å². The average molecular weight is 467 g/mol. The van der Waals surface area contributed by atoms with Gasteiger partial charge in [0.15, 0.2) is 0 Å². The molecule has 4 fully saturated rings. The fraction of sp³-hybridized carbons (Fsp3) is 0.464. The molecule has 4 aliphatic rings. The van der Waals surface area contributed by atoms with Crippen molar-refractivity contribution < 1.29 is 19.7 Å². The third-order valence-electron chi connectivity index (χ3n) is 8.22. The van der Waals surface area contributed by atoms with Crippen molar-refractivity contribution >= 4 is 23.6 Å². The molecule has 0 aliphatic heterocycles. The van der Waals surface area contributed by atoms with E-state index in [1.807, 2.05) is 12.1 Å². The predicted molar refractivity (Wildman–Crippen MR) is 131 cm³/mol. The number of aromatic hydroxyl groups is 1. The van der Waals surface area contributed by atoms with Crippen LogP contribution in [0.15, 0.2) is 30.3 Å². The third-order valence-corrected chi connectivity index (χ3v) is 8.56. The van der Waals surface area contributed by atoms with Gasteiger partial charge in [0.25, 0.3) is 0 Å². The van der Waals surface area contributed by atoms with Crippen LogP contribution in [0.3, 0.4) is 0 Å². The number of phenols is 1. The molecule has 0 saturated heterocycles. The fourth-order valence-electron chi connectivity index (χ4n) is 7.40. The Balaban J connectivity index is 1.67. The first kappa shape index (κ1) is 22.3. The monoisotopic (exact) mass is 466 g/mol. The maximum Gasteiger partial charge on any atom is 0.328 e. The molecule has 0 amide bonds. The number of rotatable bonds is 6. The fourth-order valence-corrected chi connectivity index (χ4v) is 7.75. The van der Waals surface area contributed by atoms with E-state index in [-0.39, 0.29) is 5.41 Å². The summed E-state index contributed by atoms with van der Waals surface area (Å²) in [6.07, 6.45) is 10.9. The molecule has 4 aliphatic carbocycles. The summed E-state index contributed by atoms with van der Waals surface area (Å²) in [6.45, 7) is 2.05. The largest absolute Gasteiger partial charge is 0.508 e. The van der Waals surface area contributed by atoms with Crippen LogP contribution in [0.2, 0.25) is 5.02 Å². The Morgan fingerprint density at radius 1 is 1.15 bits per heavy atom. The zero-order valence-electron chi connectivity index (χ0n) is 19.2. The van der Waals surface area contributed by atoms with Crippen molar-refractivity contribution in [1.29, 1.82) is 0 Å². The summed E-state index contributed by atoms with van der Waals surface area (Å²) in [7, 11) is 1.60. The van der Waals surface area contributed by atoms with E-state index in [0.29, 0.717) is 28.5 Å². The SMILES string of the molecule is CCc1c(Cl)cc(C=CC(=O)O)c(OC)c1-c1ccc(O)c(C23CC4CC(CC(C4)C2)C3)c1. The zero-order chi connectivity index (χ0) is 23.3. The zero-order valence-corrected chi connectivity index (χ0v) is 20.0. The Hall–Kier alpha value is -2.46. The second kappa shape index (κ2) is 8.39. The lowest BCUT2D eigenvalue weighted by atomic mass is 9.48. The molecule has 2 aromatic carbocycles. The highest BCUT2D eigenvalue weighted by molar-refractivity contribution is 6.32. The lowest BCUT2D eigenvalue weighted by molar-refractivity contribution is -0.131. The molecule has 33 heavy (non-hydrogen) atoms. The Morgan fingerprint density at radius 3 is 2.33 bits per heavy atom. The van der Waals surface area contributed by atoms with Crippen molar-refractivity contribution in [2.75, 3.05) is 7.11 Å². The number of aliphatic carboxylic acids is 1. The van der Waals surface area contributed by atoms with E-state index in [1.165, 1.54) is 25.3 Å². The van der Waals surface area contributed by atoms with Crippen LogP contribution in [0, 0.1) is 17.8 Å². The lowest BCUT2D eigenvalue weighted by Gasteiger charge is -2.57. The van der Waals surface area contributed by atoms with Crippen LogP contribution in [0.4, 0.5) is 0 Å². The Labute approximate surface area is 200 Å². The summed E-state index contributed by atoms with van der Waals surface area (Å²) in [6, 6.07) is 7.66. The van der Waals surface area contributed by atoms with Gasteiger partial charge < -0.3 is 14.9 Å². The second-order valence-corrected chi connectivity index (χ2v) is 10.7. The molecule has 0 spiro atoms. The number of hydrogen-bond donors (Lipinski definition) is 2. The van der Waals surface area contributed by atoms with E-state index in [2.05, 4.69) is 13.0 Å². The summed E-state index contributed by atoms with van der Waals surface area (Å²) in [5, 5.41) is 20.7. The van der Waals surface area contributed by atoms with Crippen LogP contribution in [0.25, 0.3) is 17.2 Å². The first-order chi connectivity index (χ1) is 15.8. The first-order valence-corrected chi connectivity index (χ1v) is 12.4. The highest BCUT2D eigenvalue weighted by Gasteiger charge is 2.52. The molecular formula is C28H31ClO4. The number of phenolic OH excluding ortho intramolecular Hbond substituents is 1. The number of ether oxygens (including phenoxy) is 1. The normalized spacial score (nSPS) is 27.9. The summed E-state index contributed by atoms with van der Waals surface area (Å²) in [5.74, 6) is 2.29. The van der Waals surface area contributed by atoms with E-state index in [9.17, 15) is 9.90 Å². The van der Waals surface area contributed by atoms with Gasteiger partial charge in [-0.25, -0.2) is 4.79 Å². The molecule has 5 heteroatoms. The molecule has 174 valence electrons. The summed E-state index contributed by atoms with van der Waals surface area (Å²) in [4.78, 5) is 11.1. The molecule has 0 aromatic heterocycles. The van der Waals surface area contributed by atoms with Gasteiger partial charge in [-0.1, -0.05) is 24.6 Å². The highest BCUT2D eigenvalue weighted by Crippen LogP contribution is 2.62. The third kappa shape index (κ3) is 3.82. The lowest BCUT2D eigenvalue weighted by Crippen LogP contribution is -2.48. The van der Waals surface area contributed by atoms with E-state index in [4.69, 9.17) is 21.4 Å².